The van der Waals surface area contributed by atoms with Crippen LogP contribution in [0.3, 0.4) is 0 Å². The third kappa shape index (κ3) is 3.26. The van der Waals surface area contributed by atoms with Crippen LogP contribution in [0, 0.1) is 5.41 Å². The van der Waals surface area contributed by atoms with E-state index >= 15 is 0 Å². The molecule has 3 heterocycles. The molecule has 3 rings (SSSR count). The second-order valence-corrected chi connectivity index (χ2v) is 6.41. The molecule has 7 nitrogen and oxygen atoms in total. The minimum atomic E-state index is -0.692. The molecule has 2 amide bonds. The first kappa shape index (κ1) is 16.8. The van der Waals surface area contributed by atoms with Gasteiger partial charge in [0.25, 0.3) is 0 Å². The molecular formula is C17H24N2O5. The van der Waals surface area contributed by atoms with E-state index in [9.17, 15) is 9.59 Å². The summed E-state index contributed by atoms with van der Waals surface area (Å²) >= 11 is 0. The van der Waals surface area contributed by atoms with Crippen LogP contribution < -0.4 is 5.32 Å². The molecule has 0 spiro atoms. The zero-order valence-electron chi connectivity index (χ0n) is 14.0. The molecular weight excluding hydrogens is 312 g/mol. The van der Waals surface area contributed by atoms with E-state index in [1.807, 2.05) is 12.1 Å². The van der Waals surface area contributed by atoms with E-state index in [0.717, 1.165) is 18.6 Å². The fourth-order valence-electron chi connectivity index (χ4n) is 3.56. The van der Waals surface area contributed by atoms with E-state index < -0.39 is 5.41 Å². The van der Waals surface area contributed by atoms with Gasteiger partial charge in [-0.3, -0.25) is 4.79 Å². The summed E-state index contributed by atoms with van der Waals surface area (Å²) in [5.74, 6) is 0.520. The summed E-state index contributed by atoms with van der Waals surface area (Å²) in [5, 5.41) is 2.93. The summed E-state index contributed by atoms with van der Waals surface area (Å²) in [5.41, 5.74) is -0.692. The Morgan fingerprint density at radius 1 is 1.42 bits per heavy atom. The molecule has 2 aliphatic rings. The number of nitrogens with one attached hydrogen (secondary N) is 1. The minimum absolute atomic E-state index is 0.0382. The Morgan fingerprint density at radius 2 is 2.21 bits per heavy atom. The Hall–Kier alpha value is -2.02. The molecule has 2 saturated heterocycles. The Labute approximate surface area is 141 Å². The second-order valence-electron chi connectivity index (χ2n) is 6.41. The molecule has 1 N–H and O–H groups in total. The third-order valence-corrected chi connectivity index (χ3v) is 5.03. The maximum Gasteiger partial charge on any atom is 0.318 e. The van der Waals surface area contributed by atoms with Crippen LogP contribution in [0.1, 0.15) is 37.5 Å². The zero-order chi connectivity index (χ0) is 17.0. The number of amides is 2. The molecule has 0 aliphatic carbocycles. The Balaban J connectivity index is 1.64. The van der Waals surface area contributed by atoms with Gasteiger partial charge in [-0.05, 0) is 37.8 Å². The predicted octanol–water partition coefficient (Wildman–Crippen LogP) is 2.10. The van der Waals surface area contributed by atoms with Crippen LogP contribution in [0.15, 0.2) is 22.8 Å². The van der Waals surface area contributed by atoms with Crippen molar-refractivity contribution in [1.29, 1.82) is 0 Å². The summed E-state index contributed by atoms with van der Waals surface area (Å²) in [6.45, 7) is 1.96. The molecule has 0 aromatic carbocycles. The second kappa shape index (κ2) is 7.25. The lowest BCUT2D eigenvalue weighted by Crippen LogP contribution is -2.50. The van der Waals surface area contributed by atoms with Gasteiger partial charge in [0.2, 0.25) is 0 Å². The predicted molar refractivity (Wildman–Crippen MR) is 85.3 cm³/mol. The summed E-state index contributed by atoms with van der Waals surface area (Å²) in [6, 6.07) is 3.52. The highest BCUT2D eigenvalue weighted by Gasteiger charge is 2.42. The molecule has 1 aromatic rings. The molecule has 132 valence electrons. The zero-order valence-corrected chi connectivity index (χ0v) is 14.0. The molecule has 0 saturated carbocycles. The highest BCUT2D eigenvalue weighted by Crippen LogP contribution is 2.34. The van der Waals surface area contributed by atoms with E-state index in [2.05, 4.69) is 5.32 Å². The lowest BCUT2D eigenvalue weighted by Gasteiger charge is -2.35. The monoisotopic (exact) mass is 336 g/mol. The third-order valence-electron chi connectivity index (χ3n) is 5.03. The maximum absolute atomic E-state index is 12.6. The molecule has 0 radical (unpaired) electrons. The van der Waals surface area contributed by atoms with Crippen molar-refractivity contribution in [2.24, 2.45) is 5.41 Å². The summed E-state index contributed by atoms with van der Waals surface area (Å²) in [6.07, 6.45) is 4.56. The number of methoxy groups -OCH3 is 1. The summed E-state index contributed by atoms with van der Waals surface area (Å²) < 4.78 is 15.8. The number of urea groups is 1. The maximum atomic E-state index is 12.6. The van der Waals surface area contributed by atoms with Gasteiger partial charge in [-0.1, -0.05) is 0 Å². The highest BCUT2D eigenvalue weighted by atomic mass is 16.5. The average Bonchev–Trinajstić information content (AvgIpc) is 3.30. The molecule has 0 bridgehead atoms. The molecule has 1 atom stereocenters. The van der Waals surface area contributed by atoms with E-state index in [0.29, 0.717) is 32.6 Å². The van der Waals surface area contributed by atoms with Crippen LogP contribution in [-0.2, 0) is 14.3 Å². The van der Waals surface area contributed by atoms with Crippen molar-refractivity contribution in [3.8, 4) is 0 Å². The number of carbonyl (C=O) groups excluding carboxylic acids is 2. The standard InChI is InChI=1S/C17H24N2O5/c1-22-15(20)17(6-10-23-11-7-17)12-18-16(21)19-8-2-4-13(19)14-5-3-9-24-14/h3,5,9,13H,2,4,6-8,10-12H2,1H3,(H,18,21)/t13-/m0/s1. The lowest BCUT2D eigenvalue weighted by atomic mass is 9.80. The van der Waals surface area contributed by atoms with Crippen molar-refractivity contribution < 1.29 is 23.5 Å². The fraction of sp³-hybridized carbons (Fsp3) is 0.647. The number of ether oxygens (including phenoxy) is 2. The van der Waals surface area contributed by atoms with Gasteiger partial charge in [-0.25, -0.2) is 4.79 Å². The van der Waals surface area contributed by atoms with E-state index in [1.54, 1.807) is 11.2 Å². The van der Waals surface area contributed by atoms with Gasteiger partial charge in [0, 0.05) is 26.3 Å². The van der Waals surface area contributed by atoms with Gasteiger partial charge in [0.15, 0.2) is 0 Å². The first-order valence-corrected chi connectivity index (χ1v) is 8.40. The van der Waals surface area contributed by atoms with Crippen LogP contribution in [0.4, 0.5) is 4.79 Å². The fourth-order valence-corrected chi connectivity index (χ4v) is 3.56. The quantitative estimate of drug-likeness (QED) is 0.852. The van der Waals surface area contributed by atoms with Crippen LogP contribution in [-0.4, -0.2) is 50.3 Å². The molecule has 24 heavy (non-hydrogen) atoms. The van der Waals surface area contributed by atoms with Gasteiger partial charge >= 0.3 is 12.0 Å². The van der Waals surface area contributed by atoms with Crippen LogP contribution in [0.25, 0.3) is 0 Å². The topological polar surface area (TPSA) is 81.0 Å². The molecule has 1 aromatic heterocycles. The lowest BCUT2D eigenvalue weighted by molar-refractivity contribution is -0.158. The summed E-state index contributed by atoms with van der Waals surface area (Å²) in [7, 11) is 1.38. The largest absolute Gasteiger partial charge is 0.469 e. The van der Waals surface area contributed by atoms with Gasteiger partial charge in [0.1, 0.15) is 5.76 Å². The first-order chi connectivity index (χ1) is 11.7. The van der Waals surface area contributed by atoms with Crippen molar-refractivity contribution in [2.75, 3.05) is 33.4 Å². The van der Waals surface area contributed by atoms with Crippen molar-refractivity contribution in [2.45, 2.75) is 31.7 Å². The number of furan rings is 1. The number of nitrogens with zero attached hydrogens (tertiary/aromatic N) is 1. The average molecular weight is 336 g/mol. The number of likely N-dealkylation sites (tertiary alicyclic amines) is 1. The van der Waals surface area contributed by atoms with E-state index in [1.165, 1.54) is 7.11 Å². The van der Waals surface area contributed by atoms with Gasteiger partial charge < -0.3 is 24.1 Å². The Morgan fingerprint density at radius 3 is 2.88 bits per heavy atom. The van der Waals surface area contributed by atoms with Gasteiger partial charge in [-0.2, -0.15) is 0 Å². The first-order valence-electron chi connectivity index (χ1n) is 8.40. The van der Waals surface area contributed by atoms with Crippen molar-refractivity contribution in [3.05, 3.63) is 24.2 Å². The number of carbonyl (C=O) groups is 2. The number of rotatable bonds is 4. The van der Waals surface area contributed by atoms with Crippen LogP contribution >= 0.6 is 0 Å². The molecule has 2 fully saturated rings. The van der Waals surface area contributed by atoms with Crippen LogP contribution in [0.2, 0.25) is 0 Å². The summed E-state index contributed by atoms with van der Waals surface area (Å²) in [4.78, 5) is 26.6. The van der Waals surface area contributed by atoms with E-state index in [-0.39, 0.29) is 24.6 Å². The highest BCUT2D eigenvalue weighted by molar-refractivity contribution is 5.79. The molecule has 7 heteroatoms. The van der Waals surface area contributed by atoms with Gasteiger partial charge in [0.05, 0.1) is 24.8 Å². The molecule has 0 unspecified atom stereocenters. The van der Waals surface area contributed by atoms with Gasteiger partial charge in [-0.15, -0.1) is 0 Å². The Kier molecular flexibility index (Phi) is 5.08. The Bertz CT molecular complexity index is 566. The van der Waals surface area contributed by atoms with E-state index in [4.69, 9.17) is 13.9 Å². The number of hydrogen-bond acceptors (Lipinski definition) is 5. The number of esters is 1. The van der Waals surface area contributed by atoms with Crippen LogP contribution in [0.5, 0.6) is 0 Å². The van der Waals surface area contributed by atoms with Crippen molar-refractivity contribution >= 4 is 12.0 Å². The SMILES string of the molecule is COC(=O)C1(CNC(=O)N2CCC[C@H]2c2ccco2)CCOCC1. The van der Waals surface area contributed by atoms with Crippen molar-refractivity contribution in [1.82, 2.24) is 10.2 Å². The number of hydrogen-bond donors (Lipinski definition) is 1. The smallest absolute Gasteiger partial charge is 0.318 e. The molecule has 2 aliphatic heterocycles. The minimum Gasteiger partial charge on any atom is -0.469 e. The normalized spacial score (nSPS) is 23.0. The van der Waals surface area contributed by atoms with Crippen molar-refractivity contribution in [3.63, 3.8) is 0 Å².